The molecule has 0 saturated carbocycles. The highest BCUT2D eigenvalue weighted by Gasteiger charge is 2.12. The number of thiophene rings is 1. The summed E-state index contributed by atoms with van der Waals surface area (Å²) in [6, 6.07) is 0. The van der Waals surface area contributed by atoms with E-state index in [0.717, 1.165) is 15.3 Å². The molecule has 0 spiro atoms. The first-order chi connectivity index (χ1) is 9.52. The van der Waals surface area contributed by atoms with Crippen LogP contribution in [0.3, 0.4) is 0 Å². The van der Waals surface area contributed by atoms with E-state index in [2.05, 4.69) is 9.97 Å². The molecule has 0 aliphatic carbocycles. The molecule has 7 heteroatoms. The van der Waals surface area contributed by atoms with Gasteiger partial charge in [0.15, 0.2) is 5.16 Å². The zero-order valence-corrected chi connectivity index (χ0v) is 13.2. The van der Waals surface area contributed by atoms with E-state index in [4.69, 9.17) is 4.74 Å². The molecule has 0 bridgehead atoms. The molecule has 20 heavy (non-hydrogen) atoms. The Morgan fingerprint density at radius 3 is 2.90 bits per heavy atom. The maximum atomic E-state index is 12.0. The number of thioether (sulfide) groups is 1. The van der Waals surface area contributed by atoms with Crippen molar-refractivity contribution < 1.29 is 9.53 Å². The molecule has 1 N–H and O–H groups in total. The van der Waals surface area contributed by atoms with Crippen molar-refractivity contribution in [3.05, 3.63) is 20.8 Å². The lowest BCUT2D eigenvalue weighted by molar-refractivity contribution is -0.142. The highest BCUT2D eigenvalue weighted by Crippen LogP contribution is 2.27. The Bertz CT molecular complexity index is 691. The molecule has 0 unspecified atom stereocenters. The van der Waals surface area contributed by atoms with Crippen molar-refractivity contribution in [1.82, 2.24) is 9.97 Å². The number of carbonyl (C=O) groups excluding carboxylic acids is 1. The summed E-state index contributed by atoms with van der Waals surface area (Å²) in [7, 11) is 0. The average Bonchev–Trinajstić information content (AvgIpc) is 2.65. The molecule has 0 aromatic carbocycles. The third-order valence-electron chi connectivity index (χ3n) is 2.87. The van der Waals surface area contributed by atoms with Crippen LogP contribution in [-0.4, -0.2) is 28.3 Å². The van der Waals surface area contributed by atoms with Crippen LogP contribution >= 0.6 is 23.1 Å². The van der Waals surface area contributed by atoms with Crippen molar-refractivity contribution >= 4 is 39.3 Å². The highest BCUT2D eigenvalue weighted by atomic mass is 32.2. The van der Waals surface area contributed by atoms with Gasteiger partial charge in [0.1, 0.15) is 4.83 Å². The van der Waals surface area contributed by atoms with Gasteiger partial charge >= 0.3 is 5.97 Å². The van der Waals surface area contributed by atoms with E-state index in [9.17, 15) is 9.59 Å². The Kier molecular flexibility index (Phi) is 4.82. The van der Waals surface area contributed by atoms with Gasteiger partial charge in [-0.25, -0.2) is 4.98 Å². The van der Waals surface area contributed by atoms with Gasteiger partial charge in [-0.1, -0.05) is 11.8 Å². The van der Waals surface area contributed by atoms with E-state index < -0.39 is 0 Å². The van der Waals surface area contributed by atoms with Crippen LogP contribution < -0.4 is 5.56 Å². The smallest absolute Gasteiger partial charge is 0.306 e. The first-order valence-corrected chi connectivity index (χ1v) is 8.11. The van der Waals surface area contributed by atoms with Crippen molar-refractivity contribution in [3.8, 4) is 0 Å². The van der Waals surface area contributed by atoms with Crippen LogP contribution in [0.4, 0.5) is 0 Å². The zero-order chi connectivity index (χ0) is 14.7. The summed E-state index contributed by atoms with van der Waals surface area (Å²) in [4.78, 5) is 32.3. The summed E-state index contributed by atoms with van der Waals surface area (Å²) in [6.45, 7) is 6.07. The summed E-state index contributed by atoms with van der Waals surface area (Å²) >= 11 is 2.88. The Morgan fingerprint density at radius 2 is 2.20 bits per heavy atom. The second kappa shape index (κ2) is 6.41. The first kappa shape index (κ1) is 15.1. The number of carbonyl (C=O) groups is 1. The van der Waals surface area contributed by atoms with Crippen molar-refractivity contribution in [2.45, 2.75) is 32.3 Å². The first-order valence-electron chi connectivity index (χ1n) is 6.31. The van der Waals surface area contributed by atoms with Gasteiger partial charge in [-0.15, -0.1) is 11.3 Å². The molecule has 2 heterocycles. The van der Waals surface area contributed by atoms with Gasteiger partial charge < -0.3 is 9.72 Å². The number of rotatable bonds is 5. The largest absolute Gasteiger partial charge is 0.466 e. The fourth-order valence-electron chi connectivity index (χ4n) is 1.77. The molecule has 0 amide bonds. The van der Waals surface area contributed by atoms with Gasteiger partial charge in [0, 0.05) is 10.6 Å². The van der Waals surface area contributed by atoms with E-state index in [1.54, 1.807) is 6.92 Å². The van der Waals surface area contributed by atoms with Crippen LogP contribution in [0.2, 0.25) is 0 Å². The lowest BCUT2D eigenvalue weighted by atomic mass is 10.2. The molecular formula is C13H16N2O3S2. The maximum Gasteiger partial charge on any atom is 0.306 e. The minimum atomic E-state index is -0.230. The van der Waals surface area contributed by atoms with E-state index in [-0.39, 0.29) is 11.5 Å². The number of nitrogens with one attached hydrogen (secondary N) is 1. The number of H-pyrrole nitrogens is 1. The van der Waals surface area contributed by atoms with E-state index in [0.29, 0.717) is 29.3 Å². The predicted molar refractivity (Wildman–Crippen MR) is 81.7 cm³/mol. The number of aromatic nitrogens is 2. The number of aryl methyl sites for hydroxylation is 2. The topological polar surface area (TPSA) is 72.0 Å². The van der Waals surface area contributed by atoms with Gasteiger partial charge in [0.2, 0.25) is 0 Å². The lowest BCUT2D eigenvalue weighted by Gasteiger charge is -2.02. The molecule has 0 aliphatic rings. The van der Waals surface area contributed by atoms with Gasteiger partial charge in [0.05, 0.1) is 18.4 Å². The van der Waals surface area contributed by atoms with Crippen molar-refractivity contribution in [2.75, 3.05) is 12.4 Å². The number of esters is 1. The SMILES string of the molecule is CCOC(=O)CCSc1nc2sc(C)c(C)c2c(=O)[nH]1. The minimum absolute atomic E-state index is 0.115. The second-order valence-electron chi connectivity index (χ2n) is 4.24. The summed E-state index contributed by atoms with van der Waals surface area (Å²) in [5, 5.41) is 1.22. The van der Waals surface area contributed by atoms with Gasteiger partial charge in [-0.3, -0.25) is 9.59 Å². The third kappa shape index (κ3) is 3.21. The number of ether oxygens (including phenoxy) is 1. The Hall–Kier alpha value is -1.34. The fourth-order valence-corrected chi connectivity index (χ4v) is 3.64. The molecule has 0 radical (unpaired) electrons. The van der Waals surface area contributed by atoms with Crippen LogP contribution in [0, 0.1) is 13.8 Å². The lowest BCUT2D eigenvalue weighted by Crippen LogP contribution is -2.09. The monoisotopic (exact) mass is 312 g/mol. The Morgan fingerprint density at radius 1 is 1.45 bits per heavy atom. The van der Waals surface area contributed by atoms with Gasteiger partial charge in [-0.05, 0) is 26.3 Å². The molecular weight excluding hydrogens is 296 g/mol. The number of hydrogen-bond acceptors (Lipinski definition) is 6. The Labute approximate surface area is 124 Å². The molecule has 2 aromatic rings. The Balaban J connectivity index is 2.12. The standard InChI is InChI=1S/C13H16N2O3S2/c1-4-18-9(16)5-6-19-13-14-11(17)10-7(2)8(3)20-12(10)15-13/h4-6H2,1-3H3,(H,14,15,17). The van der Waals surface area contributed by atoms with Crippen LogP contribution in [-0.2, 0) is 9.53 Å². The van der Waals surface area contributed by atoms with Crippen molar-refractivity contribution in [3.63, 3.8) is 0 Å². The molecule has 0 aliphatic heterocycles. The summed E-state index contributed by atoms with van der Waals surface area (Å²) in [6.07, 6.45) is 0.308. The summed E-state index contributed by atoms with van der Waals surface area (Å²) < 4.78 is 4.85. The normalized spacial score (nSPS) is 10.9. The minimum Gasteiger partial charge on any atom is -0.466 e. The number of hydrogen-bond donors (Lipinski definition) is 1. The third-order valence-corrected chi connectivity index (χ3v) is 4.84. The number of nitrogens with zero attached hydrogens (tertiary/aromatic N) is 1. The molecule has 0 saturated heterocycles. The van der Waals surface area contributed by atoms with Crippen LogP contribution in [0.1, 0.15) is 23.8 Å². The number of fused-ring (bicyclic) bond motifs is 1. The average molecular weight is 312 g/mol. The van der Waals surface area contributed by atoms with E-state index in [1.165, 1.54) is 23.1 Å². The molecule has 5 nitrogen and oxygen atoms in total. The zero-order valence-electron chi connectivity index (χ0n) is 11.6. The second-order valence-corrected chi connectivity index (χ2v) is 6.52. The quantitative estimate of drug-likeness (QED) is 0.522. The van der Waals surface area contributed by atoms with Crippen molar-refractivity contribution in [1.29, 1.82) is 0 Å². The van der Waals surface area contributed by atoms with Crippen molar-refractivity contribution in [2.24, 2.45) is 0 Å². The van der Waals surface area contributed by atoms with Gasteiger partial charge in [-0.2, -0.15) is 0 Å². The van der Waals surface area contributed by atoms with Gasteiger partial charge in [0.25, 0.3) is 5.56 Å². The highest BCUT2D eigenvalue weighted by molar-refractivity contribution is 7.99. The van der Waals surface area contributed by atoms with E-state index in [1.807, 2.05) is 13.8 Å². The fraction of sp³-hybridized carbons (Fsp3) is 0.462. The molecule has 2 aromatic heterocycles. The van der Waals surface area contributed by atoms with Crippen LogP contribution in [0.5, 0.6) is 0 Å². The summed E-state index contributed by atoms with van der Waals surface area (Å²) in [5.41, 5.74) is 0.873. The molecule has 0 atom stereocenters. The van der Waals surface area contributed by atoms with Crippen LogP contribution in [0.15, 0.2) is 9.95 Å². The number of aromatic amines is 1. The molecule has 2 rings (SSSR count). The van der Waals surface area contributed by atoms with E-state index >= 15 is 0 Å². The van der Waals surface area contributed by atoms with Crippen LogP contribution in [0.25, 0.3) is 10.2 Å². The molecule has 108 valence electrons. The maximum absolute atomic E-state index is 12.0. The predicted octanol–water partition coefficient (Wildman–Crippen LogP) is 2.65. The molecule has 0 fully saturated rings. The summed E-state index contributed by atoms with van der Waals surface area (Å²) in [5.74, 6) is 0.308.